The second-order valence-electron chi connectivity index (χ2n) is 15.0. The number of hydrogen-bond donors (Lipinski definition) is 0. The van der Waals surface area contributed by atoms with Crippen LogP contribution in [0.5, 0.6) is 0 Å². The van der Waals surface area contributed by atoms with Crippen molar-refractivity contribution in [2.75, 3.05) is 4.90 Å². The lowest BCUT2D eigenvalue weighted by Crippen LogP contribution is -2.09. The number of benzene rings is 8. The maximum Gasteiger partial charge on any atom is 0.198 e. The summed E-state index contributed by atoms with van der Waals surface area (Å²) in [6.45, 7) is 23.0. The Hall–Kier alpha value is -9.60. The number of para-hydroxylation sites is 3. The van der Waals surface area contributed by atoms with Gasteiger partial charge in [0, 0.05) is 50.2 Å². The summed E-state index contributed by atoms with van der Waals surface area (Å²) >= 11 is 0. The molecule has 0 N–H and O–H groups in total. The monoisotopic (exact) mass is 816 g/mol. The molecule has 0 aliphatic heterocycles. The lowest BCUT2D eigenvalue weighted by molar-refractivity contribution is 1.18. The van der Waals surface area contributed by atoms with E-state index < -0.39 is 0 Å². The normalized spacial score (nSPS) is 10.8. The Morgan fingerprint density at radius 3 is 1.69 bits per heavy atom. The molecule has 0 amide bonds. The molecule has 8 heteroatoms. The summed E-state index contributed by atoms with van der Waals surface area (Å²) in [6.07, 6.45) is 0. The first-order chi connectivity index (χ1) is 31.5. The van der Waals surface area contributed by atoms with Crippen molar-refractivity contribution in [3.63, 3.8) is 0 Å². The minimum Gasteiger partial charge on any atom is -0.311 e. The molecule has 64 heavy (non-hydrogen) atoms. The molecule has 0 bridgehead atoms. The highest BCUT2D eigenvalue weighted by Gasteiger charge is 2.19. The Morgan fingerprint density at radius 1 is 0.469 bits per heavy atom. The van der Waals surface area contributed by atoms with Crippen molar-refractivity contribution in [3.05, 3.63) is 234 Å². The van der Waals surface area contributed by atoms with E-state index in [0.29, 0.717) is 51.0 Å². The van der Waals surface area contributed by atoms with Gasteiger partial charge in [-0.25, -0.2) is 24.5 Å². The molecular weight excluding hydrogens is 785 g/mol. The smallest absolute Gasteiger partial charge is 0.198 e. The highest BCUT2D eigenvalue weighted by molar-refractivity contribution is 6.10. The van der Waals surface area contributed by atoms with Gasteiger partial charge in [-0.1, -0.05) is 115 Å². The molecule has 10 rings (SSSR count). The molecule has 0 spiro atoms. The van der Waals surface area contributed by atoms with Crippen molar-refractivity contribution in [1.82, 2.24) is 14.5 Å². The van der Waals surface area contributed by atoms with Crippen molar-refractivity contribution in [2.24, 2.45) is 0 Å². The number of anilines is 3. The van der Waals surface area contributed by atoms with Crippen LogP contribution < -0.4 is 4.90 Å². The molecule has 0 atom stereocenters. The quantitative estimate of drug-likeness (QED) is 0.143. The highest BCUT2D eigenvalue weighted by atomic mass is 15.1. The number of fused-ring (bicyclic) bond motifs is 3. The van der Waals surface area contributed by atoms with E-state index in [4.69, 9.17) is 29.7 Å². The third-order valence-electron chi connectivity index (χ3n) is 11.3. The second-order valence-corrected chi connectivity index (χ2v) is 15.0. The number of rotatable bonds is 8. The summed E-state index contributed by atoms with van der Waals surface area (Å²) in [5.41, 5.74) is 13.7. The van der Waals surface area contributed by atoms with Crippen LogP contribution in [0.25, 0.3) is 87.1 Å². The summed E-state index contributed by atoms with van der Waals surface area (Å²) in [4.78, 5) is 23.0. The molecule has 0 aliphatic carbocycles. The van der Waals surface area contributed by atoms with Crippen LogP contribution in [0, 0.1) is 31.0 Å². The largest absolute Gasteiger partial charge is 0.311 e. The summed E-state index contributed by atoms with van der Waals surface area (Å²) in [7, 11) is 0. The maximum atomic E-state index is 9.49. The van der Waals surface area contributed by atoms with Gasteiger partial charge in [-0.15, -0.1) is 0 Å². The molecule has 0 radical (unpaired) electrons. The van der Waals surface area contributed by atoms with Gasteiger partial charge in [-0.3, -0.25) is 0 Å². The first kappa shape index (κ1) is 38.6. The van der Waals surface area contributed by atoms with Crippen molar-refractivity contribution < 1.29 is 0 Å². The summed E-state index contributed by atoms with van der Waals surface area (Å²) in [5, 5.41) is 11.7. The Kier molecular flexibility index (Phi) is 9.92. The topological polar surface area (TPSA) is 70.8 Å². The van der Waals surface area contributed by atoms with Gasteiger partial charge >= 0.3 is 0 Å². The molecule has 296 valence electrons. The highest BCUT2D eigenvalue weighted by Crippen LogP contribution is 2.41. The fourth-order valence-electron chi connectivity index (χ4n) is 8.22. The van der Waals surface area contributed by atoms with Crippen LogP contribution >= 0.6 is 0 Å². The molecular formula is C56H32N8. The molecule has 10 aromatic rings. The molecule has 2 heterocycles. The predicted molar refractivity (Wildman–Crippen MR) is 256 cm³/mol. The lowest BCUT2D eigenvalue weighted by Gasteiger charge is -2.26. The van der Waals surface area contributed by atoms with E-state index in [9.17, 15) is 5.26 Å². The molecule has 8 nitrogen and oxygen atoms in total. The van der Waals surface area contributed by atoms with E-state index >= 15 is 0 Å². The number of aromatic nitrogens is 3. The van der Waals surface area contributed by atoms with E-state index in [0.717, 1.165) is 61.2 Å². The fourth-order valence-corrected chi connectivity index (χ4v) is 8.22. The van der Waals surface area contributed by atoms with Crippen LogP contribution in [0.3, 0.4) is 0 Å². The minimum atomic E-state index is 0.427. The van der Waals surface area contributed by atoms with Crippen molar-refractivity contribution in [1.29, 1.82) is 5.26 Å². The average Bonchev–Trinajstić information content (AvgIpc) is 3.70. The molecule has 0 fully saturated rings. The van der Waals surface area contributed by atoms with E-state index in [1.165, 1.54) is 0 Å². The lowest BCUT2D eigenvalue weighted by atomic mass is 10.0. The van der Waals surface area contributed by atoms with Crippen LogP contribution in [-0.4, -0.2) is 14.5 Å². The molecule has 8 aromatic carbocycles. The summed E-state index contributed by atoms with van der Waals surface area (Å²) in [5.74, 6) is 0.427. The molecule has 0 aliphatic rings. The van der Waals surface area contributed by atoms with Gasteiger partial charge in [-0.05, 0) is 90.0 Å². The van der Waals surface area contributed by atoms with Crippen LogP contribution in [0.1, 0.15) is 5.56 Å². The van der Waals surface area contributed by atoms with E-state index in [-0.39, 0.29) is 0 Å². The van der Waals surface area contributed by atoms with Gasteiger partial charge in [-0.2, -0.15) is 5.26 Å². The fraction of sp³-hybridized carbons (Fsp3) is 0. The molecule has 0 saturated carbocycles. The first-order valence-electron chi connectivity index (χ1n) is 20.4. The van der Waals surface area contributed by atoms with Crippen LogP contribution in [-0.2, 0) is 0 Å². The van der Waals surface area contributed by atoms with Crippen LogP contribution in [0.4, 0.5) is 34.1 Å². The maximum absolute atomic E-state index is 9.49. The Bertz CT molecular complexity index is 3450. The average molecular weight is 817 g/mol. The van der Waals surface area contributed by atoms with Gasteiger partial charge < -0.3 is 9.47 Å². The molecule has 0 unspecified atom stereocenters. The van der Waals surface area contributed by atoms with Gasteiger partial charge in [0.15, 0.2) is 17.1 Å². The van der Waals surface area contributed by atoms with Crippen molar-refractivity contribution in [2.45, 2.75) is 0 Å². The van der Waals surface area contributed by atoms with E-state index in [1.807, 2.05) is 103 Å². The molecule has 2 aromatic heterocycles. The number of nitrogens with zero attached hydrogens (tertiary/aromatic N) is 8. The van der Waals surface area contributed by atoms with Crippen molar-refractivity contribution in [3.8, 4) is 56.8 Å². The Labute approximate surface area is 369 Å². The summed E-state index contributed by atoms with van der Waals surface area (Å²) in [6, 6.07) is 65.7. The standard InChI is InChI=1S/C56H32N8/c1-58-41-24-30-43(31-25-41)63(42-26-16-37(36-57)17-27-42)45-32-33-55-49(34-45)46-10-6-9-15-54(46)64(55)44-28-22-39(23-29-44)38-18-20-40(21-19-38)52-35-53(47-11-4-7-13-50(47)59-2)62-56(61-52)48-12-5-8-14-51(48)60-3/h4-35H. The van der Waals surface area contributed by atoms with Crippen LogP contribution in [0.15, 0.2) is 194 Å². The zero-order valence-electron chi connectivity index (χ0n) is 34.1. The first-order valence-corrected chi connectivity index (χ1v) is 20.4. The van der Waals surface area contributed by atoms with Gasteiger partial charge in [0.1, 0.15) is 5.82 Å². The Balaban J connectivity index is 1.00. The van der Waals surface area contributed by atoms with E-state index in [2.05, 4.69) is 109 Å². The SMILES string of the molecule is [C-]#[N+]c1ccc(N(c2ccc(C#N)cc2)c2ccc3c(c2)c2ccccc2n3-c2ccc(-c3ccc(-c4cc(-c5ccccc5[N+]#[C-])nc(-c5ccccc5[N+]#[C-])n4)cc3)cc2)cc1. The molecule has 0 saturated heterocycles. The number of hydrogen-bond acceptors (Lipinski definition) is 4. The number of nitriles is 1. The zero-order chi connectivity index (χ0) is 43.6. The Morgan fingerprint density at radius 2 is 1.02 bits per heavy atom. The van der Waals surface area contributed by atoms with E-state index in [1.54, 1.807) is 12.1 Å². The van der Waals surface area contributed by atoms with Gasteiger partial charge in [0.05, 0.1) is 53.8 Å². The minimum absolute atomic E-state index is 0.427. The van der Waals surface area contributed by atoms with Gasteiger partial charge in [0.25, 0.3) is 0 Å². The zero-order valence-corrected chi connectivity index (χ0v) is 34.1. The second kappa shape index (κ2) is 16.5. The predicted octanol–water partition coefficient (Wildman–Crippen LogP) is 15.2. The van der Waals surface area contributed by atoms with Crippen LogP contribution in [0.2, 0.25) is 0 Å². The van der Waals surface area contributed by atoms with Gasteiger partial charge in [0.2, 0.25) is 0 Å². The third-order valence-corrected chi connectivity index (χ3v) is 11.3. The third kappa shape index (κ3) is 7.02. The summed E-state index contributed by atoms with van der Waals surface area (Å²) < 4.78 is 2.29. The van der Waals surface area contributed by atoms with Crippen molar-refractivity contribution >= 4 is 55.9 Å².